The van der Waals surface area contributed by atoms with Crippen LogP contribution < -0.4 is 18.9 Å². The molecule has 0 radical (unpaired) electrons. The number of aliphatic hydroxyl groups excluding tert-OH is 1. The zero-order chi connectivity index (χ0) is 24.6. The topological polar surface area (TPSA) is 98.0 Å². The summed E-state index contributed by atoms with van der Waals surface area (Å²) in [7, 11) is -4.64. The summed E-state index contributed by atoms with van der Waals surface area (Å²) in [4.78, 5) is 21.6. The van der Waals surface area contributed by atoms with Crippen LogP contribution in [0.3, 0.4) is 0 Å². The molecular formula is C27H50LiO5P. The average Bonchev–Trinajstić information content (AvgIpc) is 3.04. The molecule has 0 aromatic heterocycles. The van der Waals surface area contributed by atoms with Crippen LogP contribution in [0.5, 0.6) is 0 Å². The van der Waals surface area contributed by atoms with E-state index >= 15 is 0 Å². The van der Waals surface area contributed by atoms with Gasteiger partial charge in [0, 0.05) is 0 Å². The summed E-state index contributed by atoms with van der Waals surface area (Å²) in [5.74, 6) is 5.46. The van der Waals surface area contributed by atoms with Crippen LogP contribution in [0, 0.1) is 46.3 Å². The zero-order valence-corrected chi connectivity index (χ0v) is 23.4. The Morgan fingerprint density at radius 2 is 1.68 bits per heavy atom. The Morgan fingerprint density at radius 3 is 2.29 bits per heavy atom. The van der Waals surface area contributed by atoms with Crippen LogP contribution in [-0.4, -0.2) is 25.9 Å². The quantitative estimate of drug-likeness (QED) is 0.267. The Kier molecular flexibility index (Phi) is 10.7. The molecule has 4 rings (SSSR count). The van der Waals surface area contributed by atoms with Crippen LogP contribution in [0.2, 0.25) is 0 Å². The number of hydrogen-bond donors (Lipinski definition) is 4. The van der Waals surface area contributed by atoms with Gasteiger partial charge in [0.25, 0.3) is 0 Å². The Balaban J connectivity index is 0.000000798. The molecule has 0 aromatic rings. The Hall–Kier alpha value is 0.407. The van der Waals surface area contributed by atoms with E-state index < -0.39 is 7.82 Å². The first-order valence-electron chi connectivity index (χ1n) is 13.4. The monoisotopic (exact) mass is 492 g/mol. The molecule has 1 unspecified atom stereocenters. The predicted octanol–water partition coefficient (Wildman–Crippen LogP) is 3.58. The van der Waals surface area contributed by atoms with Crippen molar-refractivity contribution in [2.24, 2.45) is 46.3 Å². The third-order valence-electron chi connectivity index (χ3n) is 10.3. The number of allylic oxidation sites excluding steroid dienone is 1. The van der Waals surface area contributed by atoms with Gasteiger partial charge in [-0.15, -0.1) is 0 Å². The normalized spacial score (nSPS) is 40.1. The molecule has 4 N–H and O–H groups in total. The van der Waals surface area contributed by atoms with Gasteiger partial charge in [0.05, 0.1) is 6.10 Å². The second-order valence-corrected chi connectivity index (χ2v) is 13.7. The molecule has 0 amide bonds. The summed E-state index contributed by atoms with van der Waals surface area (Å²) in [6.45, 7) is 12.6. The minimum Gasteiger partial charge on any atom is -1.00 e. The minimum atomic E-state index is -4.64. The van der Waals surface area contributed by atoms with Crippen molar-refractivity contribution in [3.05, 3.63) is 11.6 Å². The molecule has 34 heavy (non-hydrogen) atoms. The van der Waals surface area contributed by atoms with Crippen molar-refractivity contribution in [1.82, 2.24) is 0 Å². The number of phosphoric acid groups is 1. The Labute approximate surface area is 221 Å². The molecule has 194 valence electrons. The molecule has 3 fully saturated rings. The fraction of sp³-hybridized carbons (Fsp3) is 0.926. The number of hydrogen-bond acceptors (Lipinski definition) is 2. The van der Waals surface area contributed by atoms with E-state index in [-0.39, 0.29) is 26.4 Å². The third-order valence-corrected chi connectivity index (χ3v) is 10.3. The van der Waals surface area contributed by atoms with Crippen LogP contribution in [0.4, 0.5) is 0 Å². The molecule has 0 aliphatic heterocycles. The first kappa shape index (κ1) is 30.6. The second-order valence-electron chi connectivity index (χ2n) is 12.7. The average molecular weight is 493 g/mol. The first-order chi connectivity index (χ1) is 15.3. The molecule has 4 aliphatic carbocycles. The van der Waals surface area contributed by atoms with E-state index in [9.17, 15) is 5.11 Å². The molecule has 5 nitrogen and oxygen atoms in total. The van der Waals surface area contributed by atoms with Gasteiger partial charge in [0.1, 0.15) is 0 Å². The third kappa shape index (κ3) is 6.83. The molecular weight excluding hydrogens is 442 g/mol. The van der Waals surface area contributed by atoms with Crippen molar-refractivity contribution in [2.45, 2.75) is 111 Å². The molecule has 8 atom stereocenters. The summed E-state index contributed by atoms with van der Waals surface area (Å²) in [6.07, 6.45) is 17.2. The van der Waals surface area contributed by atoms with Gasteiger partial charge in [-0.2, -0.15) is 0 Å². The van der Waals surface area contributed by atoms with Gasteiger partial charge in [-0.25, -0.2) is 4.57 Å². The molecule has 3 saturated carbocycles. The maximum atomic E-state index is 10.2. The van der Waals surface area contributed by atoms with E-state index in [0.29, 0.717) is 10.8 Å². The van der Waals surface area contributed by atoms with Crippen LogP contribution in [0.15, 0.2) is 11.6 Å². The van der Waals surface area contributed by atoms with Crippen LogP contribution in [-0.2, 0) is 4.57 Å². The number of aliphatic hydroxyl groups is 1. The Morgan fingerprint density at radius 1 is 1.03 bits per heavy atom. The van der Waals surface area contributed by atoms with E-state index in [4.69, 9.17) is 19.2 Å². The summed E-state index contributed by atoms with van der Waals surface area (Å²) in [6, 6.07) is 0. The van der Waals surface area contributed by atoms with Crippen molar-refractivity contribution >= 4 is 7.82 Å². The standard InChI is InChI=1S/C27H46O.Li.H3O4P.H/c1-18(2)7-6-8-19(3)23-11-12-24-22-10-9-20-17-21(28)13-15-26(20,4)25(22)14-16-27(23,24)5;;1-5(2,3)4;/h9,18-19,21-25,28H,6-8,10-17H2,1-5H3;;(H3,1,2,3,4);/q;+1;;-1/t19?,21-,22-,23+,24-,25-,26-,27+;;;/m0.../s1. The van der Waals surface area contributed by atoms with Gasteiger partial charge in [0.2, 0.25) is 0 Å². The van der Waals surface area contributed by atoms with E-state index in [1.165, 1.54) is 57.8 Å². The van der Waals surface area contributed by atoms with Gasteiger partial charge in [-0.3, -0.25) is 0 Å². The van der Waals surface area contributed by atoms with Gasteiger partial charge < -0.3 is 21.2 Å². The van der Waals surface area contributed by atoms with E-state index in [0.717, 1.165) is 48.3 Å². The first-order valence-corrected chi connectivity index (χ1v) is 15.0. The fourth-order valence-corrected chi connectivity index (χ4v) is 8.67. The largest absolute Gasteiger partial charge is 1.00 e. The van der Waals surface area contributed by atoms with Crippen molar-refractivity contribution in [2.75, 3.05) is 0 Å². The van der Waals surface area contributed by atoms with Crippen molar-refractivity contribution in [1.29, 1.82) is 0 Å². The SMILES string of the molecule is CC(C)CCCC(C)[C@H]1CC[C@H]2[C@@H]3CC=C4C[C@@H](O)CC[C@]4(C)[C@H]3CC[C@]12C.O=P(O)(O)O.[H-].[Li+]. The summed E-state index contributed by atoms with van der Waals surface area (Å²) < 4.78 is 8.88. The molecule has 0 bridgehead atoms. The van der Waals surface area contributed by atoms with E-state index in [1.54, 1.807) is 5.57 Å². The molecule has 0 aromatic carbocycles. The van der Waals surface area contributed by atoms with E-state index in [2.05, 4.69) is 40.7 Å². The van der Waals surface area contributed by atoms with Crippen molar-refractivity contribution < 1.29 is 44.6 Å². The van der Waals surface area contributed by atoms with Gasteiger partial charge in [-0.1, -0.05) is 65.5 Å². The molecule has 4 aliphatic rings. The van der Waals surface area contributed by atoms with E-state index in [1.807, 2.05) is 0 Å². The number of fused-ring (bicyclic) bond motifs is 5. The van der Waals surface area contributed by atoms with Crippen LogP contribution in [0.1, 0.15) is 107 Å². The minimum absolute atomic E-state index is 0. The van der Waals surface area contributed by atoms with Crippen LogP contribution in [0.25, 0.3) is 0 Å². The summed E-state index contributed by atoms with van der Waals surface area (Å²) >= 11 is 0. The maximum Gasteiger partial charge on any atom is 1.00 e. The van der Waals surface area contributed by atoms with Gasteiger partial charge >= 0.3 is 26.7 Å². The zero-order valence-electron chi connectivity index (χ0n) is 23.5. The molecule has 0 heterocycles. The fourth-order valence-electron chi connectivity index (χ4n) is 8.67. The number of rotatable bonds is 5. The van der Waals surface area contributed by atoms with Crippen molar-refractivity contribution in [3.63, 3.8) is 0 Å². The summed E-state index contributed by atoms with van der Waals surface area (Å²) in [5, 5.41) is 10.2. The van der Waals surface area contributed by atoms with Crippen molar-refractivity contribution in [3.8, 4) is 0 Å². The molecule has 0 spiro atoms. The van der Waals surface area contributed by atoms with Crippen LogP contribution >= 0.6 is 7.82 Å². The van der Waals surface area contributed by atoms with Gasteiger partial charge in [-0.05, 0) is 97.7 Å². The predicted molar refractivity (Wildman–Crippen MR) is 134 cm³/mol. The van der Waals surface area contributed by atoms with Gasteiger partial charge in [0.15, 0.2) is 0 Å². The Bertz CT molecular complexity index is 750. The molecule has 0 saturated heterocycles. The molecule has 7 heteroatoms. The second kappa shape index (κ2) is 11.9. The smallest absolute Gasteiger partial charge is 1.00 e. The maximum absolute atomic E-state index is 10.2. The summed E-state index contributed by atoms with van der Waals surface area (Å²) in [5.41, 5.74) is 2.60.